The van der Waals surface area contributed by atoms with Crippen LogP contribution in [0.2, 0.25) is 0 Å². The summed E-state index contributed by atoms with van der Waals surface area (Å²) in [6.45, 7) is 3.52. The SMILES string of the molecule is COc1cc(C)ccc1Oc1ccc(NC(C)C(N)=O)cc1F. The Balaban J connectivity index is 2.20. The van der Waals surface area contributed by atoms with Crippen LogP contribution < -0.4 is 20.5 Å². The number of amides is 1. The number of aryl methyl sites for hydroxylation is 1. The normalized spacial score (nSPS) is 11.7. The summed E-state index contributed by atoms with van der Waals surface area (Å²) in [7, 11) is 1.52. The minimum absolute atomic E-state index is 0.0597. The van der Waals surface area contributed by atoms with E-state index in [1.807, 2.05) is 13.0 Å². The summed E-state index contributed by atoms with van der Waals surface area (Å²) in [5.74, 6) is -0.0778. The first kappa shape index (κ1) is 16.6. The summed E-state index contributed by atoms with van der Waals surface area (Å²) in [6, 6.07) is 9.10. The average Bonchev–Trinajstić information content (AvgIpc) is 2.51. The quantitative estimate of drug-likeness (QED) is 0.857. The number of carbonyl (C=O) groups excluding carboxylic acids is 1. The molecule has 23 heavy (non-hydrogen) atoms. The van der Waals surface area contributed by atoms with Crippen LogP contribution in [0.4, 0.5) is 10.1 Å². The first-order chi connectivity index (χ1) is 10.9. The molecule has 2 aromatic rings. The van der Waals surface area contributed by atoms with Crippen LogP contribution in [0.25, 0.3) is 0 Å². The molecule has 0 saturated heterocycles. The molecule has 6 heteroatoms. The molecule has 1 atom stereocenters. The highest BCUT2D eigenvalue weighted by Crippen LogP contribution is 2.34. The van der Waals surface area contributed by atoms with E-state index in [-0.39, 0.29) is 5.75 Å². The molecule has 0 aliphatic heterocycles. The van der Waals surface area contributed by atoms with Crippen molar-refractivity contribution in [3.63, 3.8) is 0 Å². The molecule has 2 rings (SSSR count). The summed E-state index contributed by atoms with van der Waals surface area (Å²) < 4.78 is 25.0. The van der Waals surface area contributed by atoms with Crippen LogP contribution in [0.3, 0.4) is 0 Å². The van der Waals surface area contributed by atoms with Crippen LogP contribution in [-0.2, 0) is 4.79 Å². The van der Waals surface area contributed by atoms with Gasteiger partial charge in [0, 0.05) is 11.8 Å². The summed E-state index contributed by atoms with van der Waals surface area (Å²) in [5, 5.41) is 2.81. The van der Waals surface area contributed by atoms with Crippen LogP contribution in [0, 0.1) is 12.7 Å². The Morgan fingerprint density at radius 3 is 2.48 bits per heavy atom. The van der Waals surface area contributed by atoms with Gasteiger partial charge in [0.15, 0.2) is 23.1 Å². The van der Waals surface area contributed by atoms with Crippen molar-refractivity contribution in [3.05, 3.63) is 47.8 Å². The summed E-state index contributed by atoms with van der Waals surface area (Å²) in [6.07, 6.45) is 0. The third kappa shape index (κ3) is 4.12. The molecule has 5 nitrogen and oxygen atoms in total. The van der Waals surface area contributed by atoms with Crippen LogP contribution in [0.1, 0.15) is 12.5 Å². The first-order valence-electron chi connectivity index (χ1n) is 7.08. The van der Waals surface area contributed by atoms with Gasteiger partial charge in [-0.05, 0) is 43.7 Å². The van der Waals surface area contributed by atoms with Crippen molar-refractivity contribution >= 4 is 11.6 Å². The molecular weight excluding hydrogens is 299 g/mol. The Bertz CT molecular complexity index is 719. The topological polar surface area (TPSA) is 73.6 Å². The molecule has 0 fully saturated rings. The first-order valence-corrected chi connectivity index (χ1v) is 7.08. The molecule has 0 radical (unpaired) electrons. The van der Waals surface area contributed by atoms with Gasteiger partial charge in [0.1, 0.15) is 6.04 Å². The zero-order chi connectivity index (χ0) is 17.0. The van der Waals surface area contributed by atoms with Gasteiger partial charge < -0.3 is 20.5 Å². The van der Waals surface area contributed by atoms with Gasteiger partial charge in [-0.25, -0.2) is 4.39 Å². The van der Waals surface area contributed by atoms with E-state index in [0.29, 0.717) is 17.2 Å². The monoisotopic (exact) mass is 318 g/mol. The third-order valence-corrected chi connectivity index (χ3v) is 3.28. The zero-order valence-electron chi connectivity index (χ0n) is 13.2. The number of methoxy groups -OCH3 is 1. The van der Waals surface area contributed by atoms with E-state index in [9.17, 15) is 9.18 Å². The Kier molecular flexibility index (Phi) is 5.05. The molecule has 1 amide bonds. The molecule has 0 bridgehead atoms. The maximum atomic E-state index is 14.2. The summed E-state index contributed by atoms with van der Waals surface area (Å²) >= 11 is 0. The van der Waals surface area contributed by atoms with Gasteiger partial charge in [0.25, 0.3) is 0 Å². The molecule has 0 aliphatic carbocycles. The lowest BCUT2D eigenvalue weighted by Crippen LogP contribution is -2.32. The van der Waals surface area contributed by atoms with E-state index in [4.69, 9.17) is 15.2 Å². The van der Waals surface area contributed by atoms with Crippen molar-refractivity contribution in [1.82, 2.24) is 0 Å². The predicted molar refractivity (Wildman–Crippen MR) is 86.5 cm³/mol. The number of benzene rings is 2. The third-order valence-electron chi connectivity index (χ3n) is 3.28. The standard InChI is InChI=1S/C17H19FN2O3/c1-10-4-6-15(16(8-10)22-3)23-14-7-5-12(9-13(14)18)20-11(2)17(19)21/h4-9,11,20H,1-3H3,(H2,19,21). The van der Waals surface area contributed by atoms with Crippen LogP contribution in [-0.4, -0.2) is 19.1 Å². The lowest BCUT2D eigenvalue weighted by atomic mass is 10.2. The van der Waals surface area contributed by atoms with Gasteiger partial charge in [-0.3, -0.25) is 4.79 Å². The minimum atomic E-state index is -0.599. The Morgan fingerprint density at radius 1 is 1.17 bits per heavy atom. The molecule has 3 N–H and O–H groups in total. The second-order valence-corrected chi connectivity index (χ2v) is 5.17. The van der Waals surface area contributed by atoms with E-state index in [1.165, 1.54) is 19.2 Å². The van der Waals surface area contributed by atoms with Gasteiger partial charge in [-0.15, -0.1) is 0 Å². The van der Waals surface area contributed by atoms with Gasteiger partial charge in [0.2, 0.25) is 5.91 Å². The Morgan fingerprint density at radius 2 is 1.87 bits per heavy atom. The fourth-order valence-corrected chi connectivity index (χ4v) is 1.97. The number of carbonyl (C=O) groups is 1. The number of rotatable bonds is 6. The lowest BCUT2D eigenvalue weighted by molar-refractivity contribution is -0.118. The molecule has 0 spiro atoms. The number of anilines is 1. The van der Waals surface area contributed by atoms with E-state index in [2.05, 4.69) is 5.32 Å². The van der Waals surface area contributed by atoms with E-state index in [1.54, 1.807) is 25.1 Å². The summed E-state index contributed by atoms with van der Waals surface area (Å²) in [4.78, 5) is 11.0. The van der Waals surface area contributed by atoms with Gasteiger partial charge >= 0.3 is 0 Å². The molecule has 2 aromatic carbocycles. The maximum Gasteiger partial charge on any atom is 0.239 e. The van der Waals surface area contributed by atoms with Crippen molar-refractivity contribution in [3.8, 4) is 17.2 Å². The van der Waals surface area contributed by atoms with Crippen molar-refractivity contribution in [2.24, 2.45) is 5.73 Å². The Labute approximate surface area is 134 Å². The minimum Gasteiger partial charge on any atom is -0.493 e. The van der Waals surface area contributed by atoms with Crippen molar-refractivity contribution in [1.29, 1.82) is 0 Å². The number of halogens is 1. The van der Waals surface area contributed by atoms with Crippen LogP contribution in [0.5, 0.6) is 17.2 Å². The zero-order valence-corrected chi connectivity index (χ0v) is 13.2. The van der Waals surface area contributed by atoms with E-state index in [0.717, 1.165) is 5.56 Å². The van der Waals surface area contributed by atoms with Gasteiger partial charge in [-0.1, -0.05) is 6.07 Å². The van der Waals surface area contributed by atoms with Crippen LogP contribution >= 0.6 is 0 Å². The average molecular weight is 318 g/mol. The fraction of sp³-hybridized carbons (Fsp3) is 0.235. The largest absolute Gasteiger partial charge is 0.493 e. The van der Waals surface area contributed by atoms with Crippen molar-refractivity contribution in [2.45, 2.75) is 19.9 Å². The number of primary amides is 1. The van der Waals surface area contributed by atoms with Gasteiger partial charge in [0.05, 0.1) is 7.11 Å². The molecule has 122 valence electrons. The van der Waals surface area contributed by atoms with Crippen LogP contribution in [0.15, 0.2) is 36.4 Å². The van der Waals surface area contributed by atoms with Crippen molar-refractivity contribution in [2.75, 3.05) is 12.4 Å². The predicted octanol–water partition coefficient (Wildman–Crippen LogP) is 3.22. The van der Waals surface area contributed by atoms with E-state index < -0.39 is 17.8 Å². The second-order valence-electron chi connectivity index (χ2n) is 5.17. The fourth-order valence-electron chi connectivity index (χ4n) is 1.97. The number of ether oxygens (including phenoxy) is 2. The molecule has 0 aromatic heterocycles. The van der Waals surface area contributed by atoms with E-state index >= 15 is 0 Å². The highest BCUT2D eigenvalue weighted by atomic mass is 19.1. The molecule has 1 unspecified atom stereocenters. The van der Waals surface area contributed by atoms with Crippen molar-refractivity contribution < 1.29 is 18.7 Å². The number of nitrogens with two attached hydrogens (primary N) is 1. The number of hydrogen-bond acceptors (Lipinski definition) is 4. The summed E-state index contributed by atoms with van der Waals surface area (Å²) in [5.41, 5.74) is 6.61. The molecule has 0 heterocycles. The highest BCUT2D eigenvalue weighted by Gasteiger charge is 2.12. The number of hydrogen-bond donors (Lipinski definition) is 2. The molecule has 0 saturated carbocycles. The highest BCUT2D eigenvalue weighted by molar-refractivity contribution is 5.82. The lowest BCUT2D eigenvalue weighted by Gasteiger charge is -2.14. The van der Waals surface area contributed by atoms with Gasteiger partial charge in [-0.2, -0.15) is 0 Å². The Hall–Kier alpha value is -2.76. The molecule has 0 aliphatic rings. The number of nitrogens with one attached hydrogen (secondary N) is 1. The second kappa shape index (κ2) is 7.00. The smallest absolute Gasteiger partial charge is 0.239 e. The molecular formula is C17H19FN2O3. The maximum absolute atomic E-state index is 14.2.